The van der Waals surface area contributed by atoms with Crippen molar-refractivity contribution in [2.75, 3.05) is 0 Å². The highest BCUT2D eigenvalue weighted by Crippen LogP contribution is 2.31. The molecule has 0 aliphatic heterocycles. The molecule has 0 atom stereocenters. The minimum atomic E-state index is -4.53. The summed E-state index contributed by atoms with van der Waals surface area (Å²) >= 11 is 0. The number of aromatic amines is 1. The van der Waals surface area contributed by atoms with Crippen LogP contribution in [-0.4, -0.2) is 34.2 Å². The number of rotatable bonds is 5. The third-order valence-electron chi connectivity index (χ3n) is 6.06. The summed E-state index contributed by atoms with van der Waals surface area (Å²) in [5.74, 6) is 0.551. The first-order valence-electron chi connectivity index (χ1n) is 11.4. The molecule has 190 valence electrons. The quantitative estimate of drug-likeness (QED) is 0.365. The van der Waals surface area contributed by atoms with Crippen LogP contribution in [0.4, 0.5) is 13.2 Å². The highest BCUT2D eigenvalue weighted by Gasteiger charge is 2.34. The number of fused-ring (bicyclic) bond motifs is 1. The van der Waals surface area contributed by atoms with Gasteiger partial charge in [0, 0.05) is 24.4 Å². The SMILES string of the molecule is Cn1cc(C(F)(F)F)nc1-c1ccc(Cn2c(=O)[nH]c3cnc(-c4ccccc4C(C)(C)O)nc32)cc1. The van der Waals surface area contributed by atoms with E-state index in [1.807, 2.05) is 18.2 Å². The van der Waals surface area contributed by atoms with E-state index in [0.717, 1.165) is 11.8 Å². The van der Waals surface area contributed by atoms with E-state index in [1.165, 1.54) is 22.4 Å². The van der Waals surface area contributed by atoms with Crippen LogP contribution in [0.25, 0.3) is 33.9 Å². The summed E-state index contributed by atoms with van der Waals surface area (Å²) < 4.78 is 41.9. The van der Waals surface area contributed by atoms with Crippen LogP contribution >= 0.6 is 0 Å². The van der Waals surface area contributed by atoms with E-state index in [4.69, 9.17) is 0 Å². The van der Waals surface area contributed by atoms with Gasteiger partial charge in [0.15, 0.2) is 17.2 Å². The van der Waals surface area contributed by atoms with E-state index in [-0.39, 0.29) is 18.1 Å². The van der Waals surface area contributed by atoms with Crippen molar-refractivity contribution < 1.29 is 18.3 Å². The van der Waals surface area contributed by atoms with Crippen molar-refractivity contribution in [1.82, 2.24) is 29.1 Å². The molecule has 3 heterocycles. The van der Waals surface area contributed by atoms with E-state index in [2.05, 4.69) is 19.9 Å². The molecular weight excluding hydrogens is 485 g/mol. The Balaban J connectivity index is 1.49. The number of halogens is 3. The lowest BCUT2D eigenvalue weighted by atomic mass is 9.93. The van der Waals surface area contributed by atoms with Crippen molar-refractivity contribution >= 4 is 11.2 Å². The Kier molecular flexibility index (Phi) is 5.75. The molecule has 2 N–H and O–H groups in total. The smallest absolute Gasteiger partial charge is 0.386 e. The molecule has 0 aliphatic rings. The predicted octanol–water partition coefficient (Wildman–Crippen LogP) is 4.48. The van der Waals surface area contributed by atoms with Crippen LogP contribution in [0.1, 0.15) is 30.7 Å². The molecule has 11 heteroatoms. The van der Waals surface area contributed by atoms with Gasteiger partial charge in [-0.15, -0.1) is 0 Å². The normalized spacial score (nSPS) is 12.4. The molecule has 3 aromatic heterocycles. The monoisotopic (exact) mass is 508 g/mol. The third-order valence-corrected chi connectivity index (χ3v) is 6.06. The average molecular weight is 509 g/mol. The lowest BCUT2D eigenvalue weighted by Gasteiger charge is -2.20. The number of aromatic nitrogens is 6. The van der Waals surface area contributed by atoms with Crippen molar-refractivity contribution in [2.24, 2.45) is 7.05 Å². The maximum atomic E-state index is 13.0. The van der Waals surface area contributed by atoms with Gasteiger partial charge in [0.2, 0.25) is 0 Å². The van der Waals surface area contributed by atoms with Gasteiger partial charge < -0.3 is 14.7 Å². The second kappa shape index (κ2) is 8.70. The molecule has 0 unspecified atom stereocenters. The number of alkyl halides is 3. The molecule has 2 aromatic carbocycles. The molecule has 5 rings (SSSR count). The number of H-pyrrole nitrogens is 1. The molecule has 0 fully saturated rings. The van der Waals surface area contributed by atoms with Gasteiger partial charge in [-0.05, 0) is 25.0 Å². The molecule has 0 bridgehead atoms. The van der Waals surface area contributed by atoms with E-state index in [0.29, 0.717) is 33.7 Å². The fourth-order valence-electron chi connectivity index (χ4n) is 4.25. The molecule has 0 saturated carbocycles. The second-order valence-corrected chi connectivity index (χ2v) is 9.31. The second-order valence-electron chi connectivity index (χ2n) is 9.31. The van der Waals surface area contributed by atoms with E-state index in [9.17, 15) is 23.1 Å². The average Bonchev–Trinajstić information content (AvgIpc) is 3.38. The molecule has 0 radical (unpaired) electrons. The number of hydrogen-bond acceptors (Lipinski definition) is 5. The van der Waals surface area contributed by atoms with Crippen LogP contribution in [0.15, 0.2) is 65.7 Å². The fourth-order valence-corrected chi connectivity index (χ4v) is 4.25. The first kappa shape index (κ1) is 24.4. The molecule has 37 heavy (non-hydrogen) atoms. The Hall–Kier alpha value is -4.25. The van der Waals surface area contributed by atoms with Crippen LogP contribution in [0.3, 0.4) is 0 Å². The first-order chi connectivity index (χ1) is 17.4. The predicted molar refractivity (Wildman–Crippen MR) is 132 cm³/mol. The highest BCUT2D eigenvalue weighted by molar-refractivity contribution is 5.74. The third kappa shape index (κ3) is 4.65. The minimum Gasteiger partial charge on any atom is -0.386 e. The summed E-state index contributed by atoms with van der Waals surface area (Å²) in [6, 6.07) is 14.0. The van der Waals surface area contributed by atoms with Gasteiger partial charge in [0.25, 0.3) is 0 Å². The zero-order valence-corrected chi connectivity index (χ0v) is 20.2. The van der Waals surface area contributed by atoms with Crippen LogP contribution in [-0.2, 0) is 25.4 Å². The zero-order valence-electron chi connectivity index (χ0n) is 20.2. The number of nitrogens with one attached hydrogen (secondary N) is 1. The summed E-state index contributed by atoms with van der Waals surface area (Å²) in [5, 5.41) is 10.6. The number of hydrogen-bond donors (Lipinski definition) is 2. The van der Waals surface area contributed by atoms with Crippen LogP contribution < -0.4 is 5.69 Å². The number of nitrogens with zero attached hydrogens (tertiary/aromatic N) is 5. The lowest BCUT2D eigenvalue weighted by molar-refractivity contribution is -0.140. The van der Waals surface area contributed by atoms with E-state index >= 15 is 0 Å². The maximum Gasteiger partial charge on any atom is 0.434 e. The number of imidazole rings is 2. The number of aliphatic hydroxyl groups is 1. The van der Waals surface area contributed by atoms with Crippen molar-refractivity contribution in [3.8, 4) is 22.8 Å². The Bertz CT molecular complexity index is 1660. The van der Waals surface area contributed by atoms with Crippen molar-refractivity contribution in [2.45, 2.75) is 32.2 Å². The summed E-state index contributed by atoms with van der Waals surface area (Å²) in [7, 11) is 1.50. The van der Waals surface area contributed by atoms with E-state index in [1.54, 1.807) is 44.2 Å². The lowest BCUT2D eigenvalue weighted by Crippen LogP contribution is -2.18. The molecule has 5 aromatic rings. The largest absolute Gasteiger partial charge is 0.434 e. The Morgan fingerprint density at radius 3 is 2.38 bits per heavy atom. The Labute approximate surface area is 209 Å². The van der Waals surface area contributed by atoms with Gasteiger partial charge in [-0.1, -0.05) is 48.5 Å². The number of aryl methyl sites for hydroxylation is 1. The topological polar surface area (TPSA) is 102 Å². The summed E-state index contributed by atoms with van der Waals surface area (Å²) in [4.78, 5) is 28.2. The maximum absolute atomic E-state index is 13.0. The van der Waals surface area contributed by atoms with Gasteiger partial charge in [-0.3, -0.25) is 4.57 Å². The van der Waals surface area contributed by atoms with Crippen molar-refractivity contribution in [1.29, 1.82) is 0 Å². The van der Waals surface area contributed by atoms with Gasteiger partial charge in [0.1, 0.15) is 11.3 Å². The highest BCUT2D eigenvalue weighted by atomic mass is 19.4. The van der Waals surface area contributed by atoms with E-state index < -0.39 is 17.5 Å². The van der Waals surface area contributed by atoms with Crippen LogP contribution in [0, 0.1) is 0 Å². The Morgan fingerprint density at radius 2 is 1.73 bits per heavy atom. The van der Waals surface area contributed by atoms with Gasteiger partial charge >= 0.3 is 11.9 Å². The van der Waals surface area contributed by atoms with Crippen molar-refractivity contribution in [3.63, 3.8) is 0 Å². The molecule has 8 nitrogen and oxygen atoms in total. The van der Waals surface area contributed by atoms with Gasteiger partial charge in [-0.2, -0.15) is 13.2 Å². The minimum absolute atomic E-state index is 0.178. The molecular formula is C26H23F3N6O2. The zero-order chi connectivity index (χ0) is 26.5. The fraction of sp³-hybridized carbons (Fsp3) is 0.231. The summed E-state index contributed by atoms with van der Waals surface area (Å²) in [6.07, 6.45) is -2.05. The summed E-state index contributed by atoms with van der Waals surface area (Å²) in [6.45, 7) is 3.53. The standard InChI is InChI=1S/C26H23F3N6O2/c1-25(2,37)18-7-5-4-6-17(18)21-30-12-19-23(33-21)35(24(36)31-19)13-15-8-10-16(11-9-15)22-32-20(14-34(22)3)26(27,28)29/h4-12,14,37H,13H2,1-3H3,(H,31,36). The number of benzene rings is 2. The van der Waals surface area contributed by atoms with Crippen LogP contribution in [0.5, 0.6) is 0 Å². The Morgan fingerprint density at radius 1 is 1.03 bits per heavy atom. The molecule has 0 aliphatic carbocycles. The molecule has 0 saturated heterocycles. The van der Waals surface area contributed by atoms with Gasteiger partial charge in [-0.25, -0.2) is 19.7 Å². The first-order valence-corrected chi connectivity index (χ1v) is 11.4. The van der Waals surface area contributed by atoms with Gasteiger partial charge in [0.05, 0.1) is 18.3 Å². The van der Waals surface area contributed by atoms with Crippen molar-refractivity contribution in [3.05, 3.63) is 88.2 Å². The molecule has 0 amide bonds. The molecule has 0 spiro atoms. The summed E-state index contributed by atoms with van der Waals surface area (Å²) in [5.41, 5.74) is 0.952. The van der Waals surface area contributed by atoms with Crippen LogP contribution in [0.2, 0.25) is 0 Å².